The van der Waals surface area contributed by atoms with Crippen LogP contribution in [0.5, 0.6) is 0 Å². The van der Waals surface area contributed by atoms with Gasteiger partial charge in [0.25, 0.3) is 0 Å². The number of methoxy groups -OCH3 is 1. The molecule has 0 aliphatic carbocycles. The van der Waals surface area contributed by atoms with E-state index in [0.29, 0.717) is 6.61 Å². The third kappa shape index (κ3) is 2.20. The van der Waals surface area contributed by atoms with E-state index in [1.807, 2.05) is 25.1 Å². The summed E-state index contributed by atoms with van der Waals surface area (Å²) in [5.41, 5.74) is 14.5. The Morgan fingerprint density at radius 1 is 1.46 bits per heavy atom. The van der Waals surface area contributed by atoms with E-state index >= 15 is 0 Å². The Hall–Kier alpha value is -1.06. The summed E-state index contributed by atoms with van der Waals surface area (Å²) < 4.78 is 4.99. The summed E-state index contributed by atoms with van der Waals surface area (Å²) in [7, 11) is 1.64. The number of ether oxygens (including phenoxy) is 1. The van der Waals surface area contributed by atoms with Gasteiger partial charge >= 0.3 is 0 Å². The van der Waals surface area contributed by atoms with E-state index in [0.717, 1.165) is 16.8 Å². The third-order valence-electron chi connectivity index (χ3n) is 2.16. The highest BCUT2D eigenvalue weighted by Gasteiger charge is 2.09. The van der Waals surface area contributed by atoms with Crippen molar-refractivity contribution in [2.75, 3.05) is 19.5 Å². The zero-order valence-corrected chi connectivity index (χ0v) is 8.08. The Labute approximate surface area is 78.7 Å². The van der Waals surface area contributed by atoms with E-state index in [4.69, 9.17) is 16.2 Å². The lowest BCUT2D eigenvalue weighted by molar-refractivity contribution is 0.180. The Bertz CT molecular complexity index is 286. The SMILES string of the molecule is COCC(N)c1cccc(N)c1C. The molecule has 0 saturated heterocycles. The minimum Gasteiger partial charge on any atom is -0.399 e. The molecule has 1 atom stereocenters. The minimum absolute atomic E-state index is 0.0894. The van der Waals surface area contributed by atoms with Crippen LogP contribution < -0.4 is 11.5 Å². The molecule has 0 bridgehead atoms. The first kappa shape index (κ1) is 10.0. The zero-order chi connectivity index (χ0) is 9.84. The van der Waals surface area contributed by atoms with Crippen molar-refractivity contribution in [3.8, 4) is 0 Å². The largest absolute Gasteiger partial charge is 0.399 e. The van der Waals surface area contributed by atoms with Crippen LogP contribution >= 0.6 is 0 Å². The molecule has 0 radical (unpaired) electrons. The smallest absolute Gasteiger partial charge is 0.0655 e. The topological polar surface area (TPSA) is 61.3 Å². The molecule has 1 unspecified atom stereocenters. The number of hydrogen-bond acceptors (Lipinski definition) is 3. The highest BCUT2D eigenvalue weighted by atomic mass is 16.5. The lowest BCUT2D eigenvalue weighted by atomic mass is 10.0. The molecular weight excluding hydrogens is 164 g/mol. The van der Waals surface area contributed by atoms with Crippen molar-refractivity contribution in [2.24, 2.45) is 5.73 Å². The molecule has 0 spiro atoms. The average molecular weight is 180 g/mol. The summed E-state index contributed by atoms with van der Waals surface area (Å²) >= 11 is 0. The van der Waals surface area contributed by atoms with Crippen molar-refractivity contribution in [1.29, 1.82) is 0 Å². The van der Waals surface area contributed by atoms with Gasteiger partial charge in [0.2, 0.25) is 0 Å². The fraction of sp³-hybridized carbons (Fsp3) is 0.400. The van der Waals surface area contributed by atoms with Crippen molar-refractivity contribution in [1.82, 2.24) is 0 Å². The Kier molecular flexibility index (Phi) is 3.28. The second-order valence-corrected chi connectivity index (χ2v) is 3.12. The van der Waals surface area contributed by atoms with Crippen LogP contribution in [-0.2, 0) is 4.74 Å². The van der Waals surface area contributed by atoms with Crippen LogP contribution in [-0.4, -0.2) is 13.7 Å². The van der Waals surface area contributed by atoms with Crippen LogP contribution in [0, 0.1) is 6.92 Å². The van der Waals surface area contributed by atoms with Crippen molar-refractivity contribution < 1.29 is 4.74 Å². The summed E-state index contributed by atoms with van der Waals surface area (Å²) in [6, 6.07) is 5.68. The van der Waals surface area contributed by atoms with Gasteiger partial charge in [0.15, 0.2) is 0 Å². The highest BCUT2D eigenvalue weighted by molar-refractivity contribution is 5.50. The van der Waals surface area contributed by atoms with Crippen molar-refractivity contribution in [3.05, 3.63) is 29.3 Å². The van der Waals surface area contributed by atoms with E-state index in [9.17, 15) is 0 Å². The van der Waals surface area contributed by atoms with Gasteiger partial charge in [-0.25, -0.2) is 0 Å². The van der Waals surface area contributed by atoms with Gasteiger partial charge in [-0.15, -0.1) is 0 Å². The first-order chi connectivity index (χ1) is 6.16. The Balaban J connectivity index is 2.93. The molecule has 0 saturated carbocycles. The van der Waals surface area contributed by atoms with E-state index in [1.165, 1.54) is 0 Å². The second-order valence-electron chi connectivity index (χ2n) is 3.12. The molecule has 1 rings (SSSR count). The van der Waals surface area contributed by atoms with E-state index in [1.54, 1.807) is 7.11 Å². The maximum absolute atomic E-state index is 5.89. The molecule has 0 aliphatic heterocycles. The molecule has 3 heteroatoms. The Morgan fingerprint density at radius 3 is 2.77 bits per heavy atom. The number of hydrogen-bond donors (Lipinski definition) is 2. The number of nitrogens with two attached hydrogens (primary N) is 2. The van der Waals surface area contributed by atoms with Gasteiger partial charge < -0.3 is 16.2 Å². The second kappa shape index (κ2) is 4.25. The number of benzene rings is 1. The van der Waals surface area contributed by atoms with Crippen LogP contribution in [0.15, 0.2) is 18.2 Å². The first-order valence-corrected chi connectivity index (χ1v) is 4.26. The molecule has 0 amide bonds. The molecule has 0 aromatic heterocycles. The summed E-state index contributed by atoms with van der Waals surface area (Å²) in [6.45, 7) is 2.49. The average Bonchev–Trinajstić information content (AvgIpc) is 2.10. The Morgan fingerprint density at radius 2 is 2.15 bits per heavy atom. The van der Waals surface area contributed by atoms with Crippen molar-refractivity contribution in [3.63, 3.8) is 0 Å². The van der Waals surface area contributed by atoms with Gasteiger partial charge in [-0.2, -0.15) is 0 Å². The van der Waals surface area contributed by atoms with Crippen LogP contribution in [0.25, 0.3) is 0 Å². The van der Waals surface area contributed by atoms with E-state index in [-0.39, 0.29) is 6.04 Å². The predicted molar refractivity (Wildman–Crippen MR) is 54.4 cm³/mol. The van der Waals surface area contributed by atoms with E-state index in [2.05, 4.69) is 0 Å². The maximum atomic E-state index is 5.89. The number of nitrogen functional groups attached to an aromatic ring is 1. The van der Waals surface area contributed by atoms with Crippen molar-refractivity contribution in [2.45, 2.75) is 13.0 Å². The van der Waals surface area contributed by atoms with Crippen molar-refractivity contribution >= 4 is 5.69 Å². The molecule has 4 N–H and O–H groups in total. The quantitative estimate of drug-likeness (QED) is 0.687. The van der Waals surface area contributed by atoms with Crippen LogP contribution in [0.1, 0.15) is 17.2 Å². The number of anilines is 1. The summed E-state index contributed by atoms with van der Waals surface area (Å²) in [5.74, 6) is 0. The normalized spacial score (nSPS) is 12.8. The maximum Gasteiger partial charge on any atom is 0.0655 e. The standard InChI is InChI=1S/C10H16N2O/c1-7-8(10(12)6-13-2)4-3-5-9(7)11/h3-5,10H,6,11-12H2,1-2H3. The first-order valence-electron chi connectivity index (χ1n) is 4.26. The predicted octanol–water partition coefficient (Wildman–Crippen LogP) is 1.22. The molecular formula is C10H16N2O. The fourth-order valence-corrected chi connectivity index (χ4v) is 1.34. The molecule has 0 heterocycles. The fourth-order valence-electron chi connectivity index (χ4n) is 1.34. The van der Waals surface area contributed by atoms with Gasteiger partial charge in [0.1, 0.15) is 0 Å². The van der Waals surface area contributed by atoms with Crippen LogP contribution in [0.4, 0.5) is 5.69 Å². The van der Waals surface area contributed by atoms with Crippen LogP contribution in [0.2, 0.25) is 0 Å². The molecule has 1 aromatic carbocycles. The molecule has 0 aliphatic rings. The molecule has 72 valence electrons. The number of rotatable bonds is 3. The third-order valence-corrected chi connectivity index (χ3v) is 2.16. The van der Waals surface area contributed by atoms with Gasteiger partial charge in [-0.05, 0) is 24.1 Å². The molecule has 3 nitrogen and oxygen atoms in total. The molecule has 0 fully saturated rings. The monoisotopic (exact) mass is 180 g/mol. The molecule has 13 heavy (non-hydrogen) atoms. The lowest BCUT2D eigenvalue weighted by Crippen LogP contribution is -2.17. The van der Waals surface area contributed by atoms with Gasteiger partial charge in [-0.1, -0.05) is 12.1 Å². The molecule has 1 aromatic rings. The lowest BCUT2D eigenvalue weighted by Gasteiger charge is -2.14. The summed E-state index contributed by atoms with van der Waals surface area (Å²) in [6.07, 6.45) is 0. The van der Waals surface area contributed by atoms with Gasteiger partial charge in [0.05, 0.1) is 12.6 Å². The minimum atomic E-state index is -0.0894. The van der Waals surface area contributed by atoms with E-state index < -0.39 is 0 Å². The van der Waals surface area contributed by atoms with Gasteiger partial charge in [-0.3, -0.25) is 0 Å². The zero-order valence-electron chi connectivity index (χ0n) is 8.08. The van der Waals surface area contributed by atoms with Gasteiger partial charge in [0, 0.05) is 12.8 Å². The highest BCUT2D eigenvalue weighted by Crippen LogP contribution is 2.20. The summed E-state index contributed by atoms with van der Waals surface area (Å²) in [4.78, 5) is 0. The summed E-state index contributed by atoms with van der Waals surface area (Å²) in [5, 5.41) is 0. The van der Waals surface area contributed by atoms with Crippen LogP contribution in [0.3, 0.4) is 0 Å².